The molecule has 1 unspecified atom stereocenters. The maximum absolute atomic E-state index is 6.75. The summed E-state index contributed by atoms with van der Waals surface area (Å²) in [4.78, 5) is 9.00. The number of hydrogen-bond donors (Lipinski definition) is 1. The lowest BCUT2D eigenvalue weighted by molar-refractivity contribution is -0.00877. The molecule has 5 aromatic rings. The number of ether oxygens (including phenoxy) is 1. The number of furan rings is 1. The second-order valence-corrected chi connectivity index (χ2v) is 11.3. The fourth-order valence-corrected chi connectivity index (χ4v) is 5.61. The van der Waals surface area contributed by atoms with E-state index in [4.69, 9.17) is 30.1 Å². The Morgan fingerprint density at radius 3 is 2.45 bits per heavy atom. The van der Waals surface area contributed by atoms with Crippen LogP contribution < -0.4 is 15.5 Å². The minimum absolute atomic E-state index is 0.153. The largest absolute Gasteiger partial charge is 0.499 e. The second-order valence-electron chi connectivity index (χ2n) is 10.9. The molecule has 3 aromatic carbocycles. The van der Waals surface area contributed by atoms with Gasteiger partial charge in [0.15, 0.2) is 0 Å². The summed E-state index contributed by atoms with van der Waals surface area (Å²) in [5.41, 5.74) is 3.27. The number of fused-ring (bicyclic) bond motifs is 2. The summed E-state index contributed by atoms with van der Waals surface area (Å²) in [6, 6.07) is 22.2. The van der Waals surface area contributed by atoms with Gasteiger partial charge >= 0.3 is 7.12 Å². The van der Waals surface area contributed by atoms with Crippen LogP contribution in [0.3, 0.4) is 0 Å². The molecule has 1 aliphatic rings. The minimum atomic E-state index is -0.661. The van der Waals surface area contributed by atoms with Crippen LogP contribution in [0.15, 0.2) is 71.1 Å². The molecule has 40 heavy (non-hydrogen) atoms. The highest BCUT2D eigenvalue weighted by atomic mass is 35.5. The average molecular weight is 556 g/mol. The van der Waals surface area contributed by atoms with Crippen molar-refractivity contribution < 1.29 is 18.5 Å². The smallest absolute Gasteiger partial charge is 0.494 e. The van der Waals surface area contributed by atoms with E-state index >= 15 is 0 Å². The van der Waals surface area contributed by atoms with Crippen LogP contribution in [0, 0.1) is 6.92 Å². The lowest BCUT2D eigenvalue weighted by Gasteiger charge is -2.36. The highest BCUT2D eigenvalue weighted by Crippen LogP contribution is 2.42. The standard InChI is InChI=1S/C31H31BClN3O4/c1-19-26(22-13-9-10-14-24(22)38-19)32-39-30(2,3)31(4,40-32)17-21-15-23-27(25(16-21)37-5)35-29(33)36-28(23)34-18-20-11-7-6-8-12-20/h6-16H,17-18H2,1-5H3,(H,34,35,36). The normalized spacial score (nSPS) is 18.5. The van der Waals surface area contributed by atoms with Crippen LogP contribution in [0.5, 0.6) is 5.75 Å². The zero-order valence-electron chi connectivity index (χ0n) is 23.2. The third-order valence-electron chi connectivity index (χ3n) is 7.96. The summed E-state index contributed by atoms with van der Waals surface area (Å²) in [6.45, 7) is 8.77. The molecule has 1 saturated heterocycles. The van der Waals surface area contributed by atoms with Crippen LogP contribution in [0.4, 0.5) is 5.82 Å². The van der Waals surface area contributed by atoms with E-state index in [9.17, 15) is 0 Å². The first-order chi connectivity index (χ1) is 19.2. The first-order valence-corrected chi connectivity index (χ1v) is 13.7. The van der Waals surface area contributed by atoms with Gasteiger partial charge in [-0.15, -0.1) is 0 Å². The van der Waals surface area contributed by atoms with Crippen molar-refractivity contribution >= 4 is 51.9 Å². The van der Waals surface area contributed by atoms with Crippen molar-refractivity contribution in [3.63, 3.8) is 0 Å². The zero-order valence-corrected chi connectivity index (χ0v) is 24.0. The van der Waals surface area contributed by atoms with Gasteiger partial charge in [0.05, 0.1) is 18.3 Å². The summed E-state index contributed by atoms with van der Waals surface area (Å²) in [5.74, 6) is 2.06. The van der Waals surface area contributed by atoms with Crippen LogP contribution in [0.2, 0.25) is 5.28 Å². The average Bonchev–Trinajstić information content (AvgIpc) is 3.38. The van der Waals surface area contributed by atoms with Crippen LogP contribution in [-0.4, -0.2) is 35.4 Å². The quantitative estimate of drug-likeness (QED) is 0.182. The summed E-state index contributed by atoms with van der Waals surface area (Å²) >= 11 is 6.33. The second kappa shape index (κ2) is 10.1. The van der Waals surface area contributed by atoms with Crippen molar-refractivity contribution in [1.29, 1.82) is 0 Å². The maximum atomic E-state index is 6.75. The molecule has 2 aromatic heterocycles. The lowest BCUT2D eigenvalue weighted by atomic mass is 9.77. The van der Waals surface area contributed by atoms with E-state index in [1.165, 1.54) is 0 Å². The van der Waals surface area contributed by atoms with Crippen molar-refractivity contribution in [2.45, 2.75) is 51.9 Å². The van der Waals surface area contributed by atoms with Crippen LogP contribution in [0.25, 0.3) is 21.9 Å². The fraction of sp³-hybridized carbons (Fsp3) is 0.290. The Bertz CT molecular complexity index is 1710. The highest BCUT2D eigenvalue weighted by Gasteiger charge is 2.55. The summed E-state index contributed by atoms with van der Waals surface area (Å²) in [7, 11) is 1.08. The molecule has 6 rings (SSSR count). The topological polar surface area (TPSA) is 78.6 Å². The molecule has 9 heteroatoms. The van der Waals surface area contributed by atoms with E-state index in [1.54, 1.807) is 7.11 Å². The molecule has 0 bridgehead atoms. The number of aryl methyl sites for hydroxylation is 1. The first kappa shape index (κ1) is 26.6. The molecule has 204 valence electrons. The summed E-state index contributed by atoms with van der Waals surface area (Å²) in [5, 5.41) is 5.41. The number of hydrogen-bond acceptors (Lipinski definition) is 7. The molecular weight excluding hydrogens is 525 g/mol. The monoisotopic (exact) mass is 555 g/mol. The summed E-state index contributed by atoms with van der Waals surface area (Å²) in [6.07, 6.45) is 0.568. The van der Waals surface area contributed by atoms with Gasteiger partial charge in [0, 0.05) is 29.2 Å². The van der Waals surface area contributed by atoms with Crippen LogP contribution in [-0.2, 0) is 22.3 Å². The number of methoxy groups -OCH3 is 1. The summed E-state index contributed by atoms with van der Waals surface area (Å²) < 4.78 is 25.1. The highest BCUT2D eigenvalue weighted by molar-refractivity contribution is 6.65. The van der Waals surface area contributed by atoms with E-state index < -0.39 is 18.3 Å². The predicted octanol–water partition coefficient (Wildman–Crippen LogP) is 6.48. The Hall–Kier alpha value is -3.59. The molecule has 0 spiro atoms. The minimum Gasteiger partial charge on any atom is -0.494 e. The van der Waals surface area contributed by atoms with Gasteiger partial charge < -0.3 is 23.8 Å². The Balaban J connectivity index is 1.36. The lowest BCUT2D eigenvalue weighted by Crippen LogP contribution is -2.46. The molecule has 1 aliphatic heterocycles. The predicted molar refractivity (Wildman–Crippen MR) is 160 cm³/mol. The molecule has 1 atom stereocenters. The van der Waals surface area contributed by atoms with Crippen LogP contribution in [0.1, 0.15) is 37.7 Å². The van der Waals surface area contributed by atoms with Gasteiger partial charge in [0.1, 0.15) is 28.4 Å². The molecule has 0 amide bonds. The van der Waals surface area contributed by atoms with Crippen molar-refractivity contribution in [2.24, 2.45) is 0 Å². The van der Waals surface area contributed by atoms with Crippen molar-refractivity contribution in [3.05, 3.63) is 88.9 Å². The van der Waals surface area contributed by atoms with Crippen molar-refractivity contribution in [1.82, 2.24) is 9.97 Å². The Morgan fingerprint density at radius 2 is 1.68 bits per heavy atom. The van der Waals surface area contributed by atoms with Crippen LogP contribution >= 0.6 is 11.6 Å². The van der Waals surface area contributed by atoms with Gasteiger partial charge in [0.25, 0.3) is 0 Å². The Kier molecular flexibility index (Phi) is 6.73. The number of aromatic nitrogens is 2. The van der Waals surface area contributed by atoms with E-state index in [0.29, 0.717) is 30.0 Å². The maximum Gasteiger partial charge on any atom is 0.499 e. The van der Waals surface area contributed by atoms with Gasteiger partial charge in [-0.05, 0) is 68.6 Å². The SMILES string of the molecule is COc1cc(CC2(C)OB(c3c(C)oc4ccccc34)OC2(C)C)cc2c(NCc3ccccc3)nc(Cl)nc12. The number of para-hydroxylation sites is 1. The van der Waals surface area contributed by atoms with E-state index in [-0.39, 0.29) is 5.28 Å². The zero-order chi connectivity index (χ0) is 28.1. The number of nitrogens with zero attached hydrogens (tertiary/aromatic N) is 2. The van der Waals surface area contributed by atoms with Gasteiger partial charge in [-0.25, -0.2) is 9.97 Å². The molecular formula is C31H31BClN3O4. The number of rotatable bonds is 7. The third-order valence-corrected chi connectivity index (χ3v) is 8.13. The number of benzene rings is 3. The molecule has 0 aliphatic carbocycles. The first-order valence-electron chi connectivity index (χ1n) is 13.3. The van der Waals surface area contributed by atoms with Gasteiger partial charge in [-0.1, -0.05) is 48.5 Å². The van der Waals surface area contributed by atoms with Gasteiger partial charge in [0.2, 0.25) is 5.28 Å². The van der Waals surface area contributed by atoms with E-state index in [2.05, 4.69) is 54.3 Å². The van der Waals surface area contributed by atoms with Gasteiger partial charge in [-0.2, -0.15) is 0 Å². The number of nitrogens with one attached hydrogen (secondary N) is 1. The molecule has 3 heterocycles. The van der Waals surface area contributed by atoms with E-state index in [1.807, 2.05) is 55.5 Å². The Labute approximate surface area is 239 Å². The molecule has 7 nitrogen and oxygen atoms in total. The Morgan fingerprint density at radius 1 is 0.925 bits per heavy atom. The number of halogens is 1. The van der Waals surface area contributed by atoms with Crippen molar-refractivity contribution in [3.8, 4) is 5.75 Å². The fourth-order valence-electron chi connectivity index (χ4n) is 5.44. The third kappa shape index (κ3) is 4.70. The van der Waals surface area contributed by atoms with Gasteiger partial charge in [-0.3, -0.25) is 0 Å². The van der Waals surface area contributed by atoms with Crippen molar-refractivity contribution in [2.75, 3.05) is 12.4 Å². The molecule has 0 radical (unpaired) electrons. The number of anilines is 1. The molecule has 1 fully saturated rings. The van der Waals surface area contributed by atoms with E-state index in [0.717, 1.165) is 38.7 Å². The molecule has 0 saturated carbocycles. The molecule has 1 N–H and O–H groups in total.